The van der Waals surface area contributed by atoms with Gasteiger partial charge in [0, 0.05) is 24.2 Å². The van der Waals surface area contributed by atoms with Crippen molar-refractivity contribution in [2.24, 2.45) is 5.92 Å². The van der Waals surface area contributed by atoms with Crippen LogP contribution in [0, 0.1) is 5.92 Å². The maximum atomic E-state index is 6.23. The summed E-state index contributed by atoms with van der Waals surface area (Å²) < 4.78 is 0. The molecule has 21 heavy (non-hydrogen) atoms. The minimum absolute atomic E-state index is 0.508. The molecule has 0 saturated heterocycles. The predicted molar refractivity (Wildman–Crippen MR) is 87.7 cm³/mol. The van der Waals surface area contributed by atoms with Crippen molar-refractivity contribution < 1.29 is 0 Å². The highest BCUT2D eigenvalue weighted by Gasteiger charge is 2.30. The van der Waals surface area contributed by atoms with Crippen molar-refractivity contribution in [1.29, 1.82) is 0 Å². The van der Waals surface area contributed by atoms with Gasteiger partial charge in [-0.2, -0.15) is 0 Å². The zero-order valence-electron chi connectivity index (χ0n) is 12.5. The number of nitrogens with zero attached hydrogens (tertiary/aromatic N) is 3. The van der Waals surface area contributed by atoms with Crippen LogP contribution in [0.2, 0.25) is 5.15 Å². The molecule has 1 aromatic carbocycles. The highest BCUT2D eigenvalue weighted by atomic mass is 35.5. The first-order valence-electron chi connectivity index (χ1n) is 7.50. The monoisotopic (exact) mass is 301 g/mol. The molecule has 0 atom stereocenters. The third-order valence-electron chi connectivity index (χ3n) is 3.56. The normalized spacial score (nSPS) is 14.5. The van der Waals surface area contributed by atoms with Crippen LogP contribution in [0.15, 0.2) is 36.4 Å². The van der Waals surface area contributed by atoms with Crippen LogP contribution in [0.1, 0.15) is 26.7 Å². The Hall–Kier alpha value is -1.61. The van der Waals surface area contributed by atoms with Crippen LogP contribution in [-0.2, 0) is 0 Å². The second kappa shape index (κ2) is 6.02. The van der Waals surface area contributed by atoms with Gasteiger partial charge >= 0.3 is 0 Å². The fourth-order valence-electron chi connectivity index (χ4n) is 2.48. The highest BCUT2D eigenvalue weighted by molar-refractivity contribution is 6.29. The molecule has 0 radical (unpaired) electrons. The molecule has 1 aliphatic rings. The zero-order chi connectivity index (χ0) is 14.8. The molecule has 1 aliphatic carbocycles. The quantitative estimate of drug-likeness (QED) is 0.765. The Labute approximate surface area is 131 Å². The minimum atomic E-state index is 0.508. The van der Waals surface area contributed by atoms with Gasteiger partial charge < -0.3 is 4.90 Å². The van der Waals surface area contributed by atoms with E-state index in [1.165, 1.54) is 12.8 Å². The van der Waals surface area contributed by atoms with E-state index in [1.807, 2.05) is 36.4 Å². The molecule has 0 unspecified atom stereocenters. The first-order chi connectivity index (χ1) is 10.1. The van der Waals surface area contributed by atoms with Gasteiger partial charge in [0.15, 0.2) is 5.82 Å². The Balaban J connectivity index is 1.96. The lowest BCUT2D eigenvalue weighted by Gasteiger charge is -2.26. The third kappa shape index (κ3) is 3.53. The standard InChI is InChI=1S/C17H20ClN3/c1-12(2)11-21(14-8-9-14)16-10-15(18)19-17(20-16)13-6-4-3-5-7-13/h3-7,10,12,14H,8-9,11H2,1-2H3. The Kier molecular flexibility index (Phi) is 4.11. The van der Waals surface area contributed by atoms with Crippen molar-refractivity contribution in [3.05, 3.63) is 41.6 Å². The van der Waals surface area contributed by atoms with Crippen molar-refractivity contribution in [3.63, 3.8) is 0 Å². The lowest BCUT2D eigenvalue weighted by molar-refractivity contribution is 0.602. The predicted octanol–water partition coefficient (Wildman–Crippen LogP) is 4.42. The van der Waals surface area contributed by atoms with Gasteiger partial charge in [-0.05, 0) is 18.8 Å². The Bertz CT molecular complexity index is 609. The lowest BCUT2D eigenvalue weighted by Crippen LogP contribution is -2.30. The van der Waals surface area contributed by atoms with E-state index in [-0.39, 0.29) is 0 Å². The van der Waals surface area contributed by atoms with Crippen molar-refractivity contribution in [1.82, 2.24) is 9.97 Å². The molecule has 1 aromatic heterocycles. The molecule has 110 valence electrons. The number of hydrogen-bond donors (Lipinski definition) is 0. The topological polar surface area (TPSA) is 29.0 Å². The maximum absolute atomic E-state index is 6.23. The molecule has 0 spiro atoms. The van der Waals surface area contributed by atoms with Crippen molar-refractivity contribution in [2.45, 2.75) is 32.7 Å². The number of rotatable bonds is 5. The summed E-state index contributed by atoms with van der Waals surface area (Å²) in [7, 11) is 0. The van der Waals surface area contributed by atoms with Gasteiger partial charge in [0.25, 0.3) is 0 Å². The molecule has 0 aliphatic heterocycles. The second-order valence-electron chi connectivity index (χ2n) is 6.02. The van der Waals surface area contributed by atoms with Gasteiger partial charge in [-0.25, -0.2) is 9.97 Å². The molecule has 1 heterocycles. The van der Waals surface area contributed by atoms with E-state index in [0.717, 1.165) is 17.9 Å². The summed E-state index contributed by atoms with van der Waals surface area (Å²) in [6.07, 6.45) is 2.49. The summed E-state index contributed by atoms with van der Waals surface area (Å²) in [6, 6.07) is 12.5. The third-order valence-corrected chi connectivity index (χ3v) is 3.75. The van der Waals surface area contributed by atoms with E-state index < -0.39 is 0 Å². The fraction of sp³-hybridized carbons (Fsp3) is 0.412. The molecule has 1 saturated carbocycles. The summed E-state index contributed by atoms with van der Waals surface area (Å²) in [5.74, 6) is 2.25. The average molecular weight is 302 g/mol. The molecule has 4 heteroatoms. The van der Waals surface area contributed by atoms with E-state index in [4.69, 9.17) is 16.6 Å². The van der Waals surface area contributed by atoms with Gasteiger partial charge in [-0.15, -0.1) is 0 Å². The second-order valence-corrected chi connectivity index (χ2v) is 6.40. The molecule has 0 bridgehead atoms. The van der Waals surface area contributed by atoms with Crippen molar-refractivity contribution in [3.8, 4) is 11.4 Å². The van der Waals surface area contributed by atoms with E-state index in [2.05, 4.69) is 23.7 Å². The number of hydrogen-bond acceptors (Lipinski definition) is 3. The molecule has 3 rings (SSSR count). The molecule has 2 aromatic rings. The van der Waals surface area contributed by atoms with E-state index >= 15 is 0 Å². The number of benzene rings is 1. The van der Waals surface area contributed by atoms with E-state index in [0.29, 0.717) is 22.9 Å². The molecule has 3 nitrogen and oxygen atoms in total. The number of anilines is 1. The van der Waals surface area contributed by atoms with E-state index in [1.54, 1.807) is 0 Å². The van der Waals surface area contributed by atoms with E-state index in [9.17, 15) is 0 Å². The first-order valence-corrected chi connectivity index (χ1v) is 7.88. The SMILES string of the molecule is CC(C)CN(c1cc(Cl)nc(-c2ccccc2)n1)C1CC1. The number of aromatic nitrogens is 2. The van der Waals surface area contributed by atoms with Crippen LogP contribution in [-0.4, -0.2) is 22.6 Å². The highest BCUT2D eigenvalue weighted by Crippen LogP contribution is 2.33. The van der Waals surface area contributed by atoms with Gasteiger partial charge in [-0.3, -0.25) is 0 Å². The first kappa shape index (κ1) is 14.3. The smallest absolute Gasteiger partial charge is 0.163 e. The van der Waals surface area contributed by atoms with Crippen LogP contribution >= 0.6 is 11.6 Å². The zero-order valence-corrected chi connectivity index (χ0v) is 13.2. The Morgan fingerprint density at radius 2 is 1.90 bits per heavy atom. The Morgan fingerprint density at radius 3 is 2.52 bits per heavy atom. The lowest BCUT2D eigenvalue weighted by atomic mass is 10.2. The molecular formula is C17H20ClN3. The van der Waals surface area contributed by atoms with Gasteiger partial charge in [0.1, 0.15) is 11.0 Å². The van der Waals surface area contributed by atoms with Crippen molar-refractivity contribution in [2.75, 3.05) is 11.4 Å². The van der Waals surface area contributed by atoms with Crippen LogP contribution in [0.4, 0.5) is 5.82 Å². The summed E-state index contributed by atoms with van der Waals surface area (Å²) in [5, 5.41) is 0.508. The molecule has 0 N–H and O–H groups in total. The van der Waals surface area contributed by atoms with Crippen LogP contribution in [0.5, 0.6) is 0 Å². The Morgan fingerprint density at radius 1 is 1.19 bits per heavy atom. The van der Waals surface area contributed by atoms with Gasteiger partial charge in [0.2, 0.25) is 0 Å². The fourth-order valence-corrected chi connectivity index (χ4v) is 2.66. The largest absolute Gasteiger partial charge is 0.353 e. The molecular weight excluding hydrogens is 282 g/mol. The van der Waals surface area contributed by atoms with Crippen LogP contribution in [0.3, 0.4) is 0 Å². The van der Waals surface area contributed by atoms with Crippen molar-refractivity contribution >= 4 is 17.4 Å². The summed E-state index contributed by atoms with van der Waals surface area (Å²) in [6.45, 7) is 5.47. The number of halogens is 1. The van der Waals surface area contributed by atoms with Gasteiger partial charge in [0.05, 0.1) is 0 Å². The van der Waals surface area contributed by atoms with Gasteiger partial charge in [-0.1, -0.05) is 55.8 Å². The molecule has 0 amide bonds. The average Bonchev–Trinajstić information content (AvgIpc) is 3.29. The van der Waals surface area contributed by atoms with Crippen LogP contribution < -0.4 is 4.90 Å². The summed E-state index contributed by atoms with van der Waals surface area (Å²) >= 11 is 6.23. The molecule has 1 fully saturated rings. The minimum Gasteiger partial charge on any atom is -0.353 e. The maximum Gasteiger partial charge on any atom is 0.163 e. The van der Waals surface area contributed by atoms with Crippen LogP contribution in [0.25, 0.3) is 11.4 Å². The summed E-state index contributed by atoms with van der Waals surface area (Å²) in [4.78, 5) is 11.5. The summed E-state index contributed by atoms with van der Waals surface area (Å²) in [5.41, 5.74) is 1.00.